The zero-order valence-electron chi connectivity index (χ0n) is 10.1. The van der Waals surface area contributed by atoms with E-state index in [1.165, 1.54) is 0 Å². The Labute approximate surface area is 109 Å². The molecule has 0 unspecified atom stereocenters. The maximum Gasteiger partial charge on any atom is 0.294 e. The smallest absolute Gasteiger partial charge is 0.258 e. The molecule has 0 amide bonds. The van der Waals surface area contributed by atoms with Gasteiger partial charge in [0.05, 0.1) is 21.7 Å². The van der Waals surface area contributed by atoms with Crippen LogP contribution in [0.15, 0.2) is 23.1 Å². The number of hydrogen-bond acceptors (Lipinski definition) is 6. The molecule has 0 aromatic heterocycles. The largest absolute Gasteiger partial charge is 0.294 e. The number of nitro groups is 2. The molecule has 0 spiro atoms. The standard InChI is InChI=1S/C10H12N2O6S/c1-2-3-6-19(17,18)10-5-4-8(11(13)14)7-9(10)12(15)16/h4-5,7H,2-3,6H2,1H3. The normalized spacial score (nSPS) is 11.2. The molecule has 0 radical (unpaired) electrons. The Morgan fingerprint density at radius 2 is 1.79 bits per heavy atom. The first kappa shape index (κ1) is 15.0. The molecule has 0 saturated carbocycles. The maximum atomic E-state index is 11.9. The molecule has 1 aromatic carbocycles. The number of non-ortho nitro benzene ring substituents is 1. The molecule has 0 saturated heterocycles. The summed E-state index contributed by atoms with van der Waals surface area (Å²) >= 11 is 0. The molecule has 0 N–H and O–H groups in total. The summed E-state index contributed by atoms with van der Waals surface area (Å²) in [5.74, 6) is -0.220. The molecule has 0 bridgehead atoms. The van der Waals surface area contributed by atoms with Crippen LogP contribution in [-0.4, -0.2) is 24.0 Å². The maximum absolute atomic E-state index is 11.9. The van der Waals surface area contributed by atoms with Crippen LogP contribution in [0.2, 0.25) is 0 Å². The van der Waals surface area contributed by atoms with Crippen molar-refractivity contribution >= 4 is 21.2 Å². The summed E-state index contributed by atoms with van der Waals surface area (Å²) in [6.45, 7) is 1.79. The van der Waals surface area contributed by atoms with Crippen LogP contribution in [0.1, 0.15) is 19.8 Å². The predicted octanol–water partition coefficient (Wildman–Crippen LogP) is 2.08. The van der Waals surface area contributed by atoms with Gasteiger partial charge in [0.15, 0.2) is 9.84 Å². The van der Waals surface area contributed by atoms with Crippen LogP contribution in [-0.2, 0) is 9.84 Å². The first-order valence-corrected chi connectivity index (χ1v) is 7.10. The van der Waals surface area contributed by atoms with E-state index in [2.05, 4.69) is 0 Å². The Hall–Kier alpha value is -2.03. The average molecular weight is 288 g/mol. The van der Waals surface area contributed by atoms with Gasteiger partial charge >= 0.3 is 0 Å². The summed E-state index contributed by atoms with van der Waals surface area (Å²) in [7, 11) is -3.80. The third-order valence-electron chi connectivity index (χ3n) is 2.45. The van der Waals surface area contributed by atoms with Crippen molar-refractivity contribution < 1.29 is 18.3 Å². The van der Waals surface area contributed by atoms with Gasteiger partial charge in [0.1, 0.15) is 4.90 Å². The minimum absolute atomic E-state index is 0.220. The Balaban J connectivity index is 3.36. The van der Waals surface area contributed by atoms with Crippen molar-refractivity contribution in [1.82, 2.24) is 0 Å². The third kappa shape index (κ3) is 3.47. The van der Waals surface area contributed by atoms with Crippen molar-refractivity contribution in [2.45, 2.75) is 24.7 Å². The highest BCUT2D eigenvalue weighted by Crippen LogP contribution is 2.29. The summed E-state index contributed by atoms with van der Waals surface area (Å²) in [5.41, 5.74) is -1.27. The molecular formula is C10H12N2O6S. The van der Waals surface area contributed by atoms with Crippen LogP contribution in [0.25, 0.3) is 0 Å². The monoisotopic (exact) mass is 288 g/mol. The second-order valence-corrected chi connectivity index (χ2v) is 5.92. The lowest BCUT2D eigenvalue weighted by Gasteiger charge is -2.04. The minimum atomic E-state index is -3.80. The van der Waals surface area contributed by atoms with Crippen molar-refractivity contribution in [2.24, 2.45) is 0 Å². The molecular weight excluding hydrogens is 276 g/mol. The van der Waals surface area contributed by atoms with Gasteiger partial charge in [-0.05, 0) is 12.5 Å². The van der Waals surface area contributed by atoms with Gasteiger partial charge in [-0.2, -0.15) is 0 Å². The van der Waals surface area contributed by atoms with Crippen LogP contribution in [0.4, 0.5) is 11.4 Å². The number of rotatable bonds is 6. The predicted molar refractivity (Wildman–Crippen MR) is 66.7 cm³/mol. The fourth-order valence-electron chi connectivity index (χ4n) is 1.47. The van der Waals surface area contributed by atoms with E-state index < -0.39 is 36.0 Å². The Morgan fingerprint density at radius 3 is 2.26 bits per heavy atom. The molecule has 1 aromatic rings. The number of hydrogen-bond donors (Lipinski definition) is 0. The van der Waals surface area contributed by atoms with E-state index >= 15 is 0 Å². The highest BCUT2D eigenvalue weighted by atomic mass is 32.2. The average Bonchev–Trinajstić information content (AvgIpc) is 2.35. The number of sulfone groups is 1. The molecule has 0 heterocycles. The summed E-state index contributed by atoms with van der Waals surface area (Å²) < 4.78 is 23.8. The second kappa shape index (κ2) is 5.74. The lowest BCUT2D eigenvalue weighted by molar-refractivity contribution is -0.396. The van der Waals surface area contributed by atoms with E-state index in [0.717, 1.165) is 12.1 Å². The summed E-state index contributed by atoms with van der Waals surface area (Å²) in [5, 5.41) is 21.4. The Bertz CT molecular complexity index is 610. The zero-order chi connectivity index (χ0) is 14.6. The number of nitro benzene ring substituents is 2. The fraction of sp³-hybridized carbons (Fsp3) is 0.400. The highest BCUT2D eigenvalue weighted by molar-refractivity contribution is 7.91. The van der Waals surface area contributed by atoms with Crippen LogP contribution >= 0.6 is 0 Å². The van der Waals surface area contributed by atoms with E-state index in [1.807, 2.05) is 0 Å². The van der Waals surface area contributed by atoms with Crippen molar-refractivity contribution in [3.8, 4) is 0 Å². The SMILES string of the molecule is CCCCS(=O)(=O)c1ccc([N+](=O)[O-])cc1[N+](=O)[O-]. The lowest BCUT2D eigenvalue weighted by Crippen LogP contribution is -2.09. The highest BCUT2D eigenvalue weighted by Gasteiger charge is 2.27. The van der Waals surface area contributed by atoms with Gasteiger partial charge in [0, 0.05) is 6.07 Å². The van der Waals surface area contributed by atoms with Gasteiger partial charge in [-0.1, -0.05) is 13.3 Å². The van der Waals surface area contributed by atoms with Crippen molar-refractivity contribution in [2.75, 3.05) is 5.75 Å². The molecule has 0 fully saturated rings. The number of unbranched alkanes of at least 4 members (excludes halogenated alkanes) is 1. The van der Waals surface area contributed by atoms with Crippen molar-refractivity contribution in [1.29, 1.82) is 0 Å². The summed E-state index contributed by atoms with van der Waals surface area (Å²) in [6, 6.07) is 2.53. The summed E-state index contributed by atoms with van der Waals surface area (Å²) in [6.07, 6.45) is 0.997. The Morgan fingerprint density at radius 1 is 1.16 bits per heavy atom. The summed E-state index contributed by atoms with van der Waals surface area (Å²) in [4.78, 5) is 19.2. The van der Waals surface area contributed by atoms with Crippen LogP contribution in [0.5, 0.6) is 0 Å². The number of nitrogens with zero attached hydrogens (tertiary/aromatic N) is 2. The fourth-order valence-corrected chi connectivity index (χ4v) is 3.09. The van der Waals surface area contributed by atoms with Gasteiger partial charge in [-0.3, -0.25) is 20.2 Å². The second-order valence-electron chi connectivity index (χ2n) is 3.84. The molecule has 19 heavy (non-hydrogen) atoms. The quantitative estimate of drug-likeness (QED) is 0.583. The number of benzene rings is 1. The van der Waals surface area contributed by atoms with E-state index in [-0.39, 0.29) is 5.75 Å². The molecule has 0 aliphatic carbocycles. The molecule has 104 valence electrons. The first-order valence-electron chi connectivity index (χ1n) is 5.45. The molecule has 8 nitrogen and oxygen atoms in total. The topological polar surface area (TPSA) is 120 Å². The molecule has 9 heteroatoms. The lowest BCUT2D eigenvalue weighted by atomic mass is 10.3. The molecule has 0 aliphatic rings. The van der Waals surface area contributed by atoms with Crippen LogP contribution in [0, 0.1) is 20.2 Å². The third-order valence-corrected chi connectivity index (χ3v) is 4.29. The Kier molecular flexibility index (Phi) is 4.54. The van der Waals surface area contributed by atoms with Gasteiger partial charge in [-0.15, -0.1) is 0 Å². The van der Waals surface area contributed by atoms with Gasteiger partial charge in [0.2, 0.25) is 0 Å². The van der Waals surface area contributed by atoms with E-state index in [9.17, 15) is 28.6 Å². The zero-order valence-corrected chi connectivity index (χ0v) is 10.9. The van der Waals surface area contributed by atoms with Crippen molar-refractivity contribution in [3.63, 3.8) is 0 Å². The van der Waals surface area contributed by atoms with E-state index in [1.54, 1.807) is 6.92 Å². The van der Waals surface area contributed by atoms with E-state index in [0.29, 0.717) is 18.9 Å². The molecule has 0 aliphatic heterocycles. The van der Waals surface area contributed by atoms with E-state index in [4.69, 9.17) is 0 Å². The molecule has 0 atom stereocenters. The van der Waals surface area contributed by atoms with Gasteiger partial charge < -0.3 is 0 Å². The first-order chi connectivity index (χ1) is 8.79. The molecule has 1 rings (SSSR count). The van der Waals surface area contributed by atoms with Gasteiger partial charge in [0.25, 0.3) is 11.4 Å². The van der Waals surface area contributed by atoms with Gasteiger partial charge in [-0.25, -0.2) is 8.42 Å². The van der Waals surface area contributed by atoms with Crippen LogP contribution in [0.3, 0.4) is 0 Å². The van der Waals surface area contributed by atoms with Crippen molar-refractivity contribution in [3.05, 3.63) is 38.4 Å². The minimum Gasteiger partial charge on any atom is -0.258 e. The van der Waals surface area contributed by atoms with Crippen LogP contribution < -0.4 is 0 Å².